The number of rotatable bonds is 6. The van der Waals surface area contributed by atoms with Crippen LogP contribution in [-0.2, 0) is 25.5 Å². The summed E-state index contributed by atoms with van der Waals surface area (Å²) in [5.74, 6) is 0. The van der Waals surface area contributed by atoms with Gasteiger partial charge in [-0.05, 0) is 31.4 Å². The van der Waals surface area contributed by atoms with Gasteiger partial charge in [0.1, 0.15) is 5.69 Å². The van der Waals surface area contributed by atoms with Crippen LogP contribution in [0.3, 0.4) is 0 Å². The predicted molar refractivity (Wildman–Crippen MR) is 99.0 cm³/mol. The number of pyridine rings is 1. The van der Waals surface area contributed by atoms with Gasteiger partial charge in [-0.15, -0.1) is 0 Å². The van der Waals surface area contributed by atoms with Gasteiger partial charge >= 0.3 is 19.4 Å². The van der Waals surface area contributed by atoms with Crippen LogP contribution < -0.4 is 0 Å². The maximum absolute atomic E-state index is 15.4. The molecule has 0 aliphatic carbocycles. The summed E-state index contributed by atoms with van der Waals surface area (Å²) < 4.78 is 92.4. The zero-order chi connectivity index (χ0) is 21.4. The van der Waals surface area contributed by atoms with E-state index in [9.17, 15) is 17.7 Å². The molecule has 0 N–H and O–H groups in total. The van der Waals surface area contributed by atoms with Crippen LogP contribution in [0, 0.1) is 0 Å². The van der Waals surface area contributed by atoms with E-state index < -0.39 is 30.7 Å². The SMILES string of the molecule is CCOP(=O)(OCC)C(F)(F)c1nc2cc(C(F)(F)F)ccc2c2ccccc12. The molecule has 0 unspecified atom stereocenters. The molecule has 1 heterocycles. The second kappa shape index (κ2) is 7.63. The van der Waals surface area contributed by atoms with Crippen LogP contribution in [0.25, 0.3) is 21.7 Å². The van der Waals surface area contributed by atoms with Gasteiger partial charge in [-0.3, -0.25) is 4.57 Å². The fourth-order valence-electron chi connectivity index (χ4n) is 3.03. The number of fused-ring (bicyclic) bond motifs is 3. The number of nitrogens with zero attached hydrogens (tertiary/aromatic N) is 1. The van der Waals surface area contributed by atoms with Gasteiger partial charge in [0.15, 0.2) is 0 Å². The molecule has 0 bridgehead atoms. The highest BCUT2D eigenvalue weighted by atomic mass is 31.2. The molecular formula is C19H17F5NO3P. The van der Waals surface area contributed by atoms with Crippen molar-refractivity contribution in [2.45, 2.75) is 25.7 Å². The molecule has 0 aliphatic rings. The second-order valence-corrected chi connectivity index (χ2v) is 8.18. The van der Waals surface area contributed by atoms with Crippen molar-refractivity contribution in [3.8, 4) is 0 Å². The standard InChI is InChI=1S/C19H17F5NO3P/c1-3-27-29(26,28-4-2)19(23,24)17-15-8-6-5-7-13(15)14-10-9-12(18(20,21)22)11-16(14)25-17/h5-11H,3-4H2,1-2H3. The first kappa shape index (κ1) is 21.6. The lowest BCUT2D eigenvalue weighted by Gasteiger charge is -2.26. The molecule has 156 valence electrons. The van der Waals surface area contributed by atoms with Crippen molar-refractivity contribution in [2.75, 3.05) is 13.2 Å². The number of aromatic nitrogens is 1. The molecule has 0 amide bonds. The molecule has 0 spiro atoms. The summed E-state index contributed by atoms with van der Waals surface area (Å²) in [7, 11) is -4.99. The molecule has 0 saturated carbocycles. The fraction of sp³-hybridized carbons (Fsp3) is 0.316. The minimum atomic E-state index is -4.99. The Labute approximate surface area is 163 Å². The summed E-state index contributed by atoms with van der Waals surface area (Å²) in [4.78, 5) is 3.80. The Morgan fingerprint density at radius 2 is 1.48 bits per heavy atom. The van der Waals surface area contributed by atoms with Crippen LogP contribution in [0.1, 0.15) is 25.1 Å². The fourth-order valence-corrected chi connectivity index (χ4v) is 4.54. The number of halogens is 5. The summed E-state index contributed by atoms with van der Waals surface area (Å²) in [6.07, 6.45) is -4.67. The molecule has 10 heteroatoms. The molecule has 4 nitrogen and oxygen atoms in total. The highest BCUT2D eigenvalue weighted by Gasteiger charge is 2.57. The molecular weight excluding hydrogens is 416 g/mol. The Kier molecular flexibility index (Phi) is 5.69. The van der Waals surface area contributed by atoms with E-state index in [2.05, 4.69) is 4.98 Å². The quantitative estimate of drug-likeness (QED) is 0.246. The molecule has 0 fully saturated rings. The van der Waals surface area contributed by atoms with Crippen LogP contribution in [0.15, 0.2) is 42.5 Å². The first-order valence-electron chi connectivity index (χ1n) is 8.72. The van der Waals surface area contributed by atoms with Gasteiger partial charge in [0.05, 0.1) is 24.3 Å². The van der Waals surface area contributed by atoms with Crippen LogP contribution in [0.2, 0.25) is 0 Å². The van der Waals surface area contributed by atoms with Crippen LogP contribution in [-0.4, -0.2) is 18.2 Å². The Morgan fingerprint density at radius 3 is 2.03 bits per heavy atom. The van der Waals surface area contributed by atoms with Crippen LogP contribution in [0.5, 0.6) is 0 Å². The summed E-state index contributed by atoms with van der Waals surface area (Å²) in [5, 5.41) is 0.459. The molecule has 3 aromatic rings. The molecule has 2 aromatic carbocycles. The highest BCUT2D eigenvalue weighted by molar-refractivity contribution is 7.54. The van der Waals surface area contributed by atoms with Gasteiger partial charge in [-0.2, -0.15) is 22.0 Å². The number of hydrogen-bond donors (Lipinski definition) is 0. The average Bonchev–Trinajstić information content (AvgIpc) is 2.66. The van der Waals surface area contributed by atoms with Gasteiger partial charge in [0, 0.05) is 10.8 Å². The van der Waals surface area contributed by atoms with Crippen molar-refractivity contribution in [2.24, 2.45) is 0 Å². The van der Waals surface area contributed by atoms with E-state index in [0.29, 0.717) is 6.07 Å². The minimum Gasteiger partial charge on any atom is -0.304 e. The normalized spacial score (nSPS) is 13.3. The number of hydrogen-bond acceptors (Lipinski definition) is 4. The maximum atomic E-state index is 15.4. The van der Waals surface area contributed by atoms with Gasteiger partial charge in [0.25, 0.3) is 0 Å². The first-order valence-corrected chi connectivity index (χ1v) is 10.3. The Hall–Kier alpha value is -2.09. The van der Waals surface area contributed by atoms with E-state index in [4.69, 9.17) is 9.05 Å². The van der Waals surface area contributed by atoms with Crippen molar-refractivity contribution in [1.29, 1.82) is 0 Å². The second-order valence-electron chi connectivity index (χ2n) is 6.11. The van der Waals surface area contributed by atoms with E-state index in [1.807, 2.05) is 0 Å². The molecule has 0 saturated heterocycles. The zero-order valence-electron chi connectivity index (χ0n) is 15.5. The predicted octanol–water partition coefficient (Wildman–Crippen LogP) is 6.72. The van der Waals surface area contributed by atoms with E-state index in [1.165, 1.54) is 38.1 Å². The van der Waals surface area contributed by atoms with Gasteiger partial charge in [-0.25, -0.2) is 4.98 Å². The minimum absolute atomic E-state index is 0.0515. The van der Waals surface area contributed by atoms with Gasteiger partial charge < -0.3 is 9.05 Å². The smallest absolute Gasteiger partial charge is 0.304 e. The Morgan fingerprint density at radius 1 is 0.897 bits per heavy atom. The largest absolute Gasteiger partial charge is 0.416 e. The highest BCUT2D eigenvalue weighted by Crippen LogP contribution is 2.67. The van der Waals surface area contributed by atoms with Crippen LogP contribution >= 0.6 is 7.60 Å². The molecule has 3 rings (SSSR count). The van der Waals surface area contributed by atoms with E-state index >= 15 is 8.78 Å². The van der Waals surface area contributed by atoms with E-state index in [0.717, 1.165) is 6.07 Å². The summed E-state index contributed by atoms with van der Waals surface area (Å²) >= 11 is 0. The molecule has 1 aromatic heterocycles. The summed E-state index contributed by atoms with van der Waals surface area (Å²) in [5.41, 5.74) is -6.46. The van der Waals surface area contributed by atoms with E-state index in [1.54, 1.807) is 6.07 Å². The van der Waals surface area contributed by atoms with Crippen molar-refractivity contribution in [1.82, 2.24) is 4.98 Å². The lowest BCUT2D eigenvalue weighted by atomic mass is 10.0. The lowest BCUT2D eigenvalue weighted by molar-refractivity contribution is -0.137. The Bertz CT molecular complexity index is 1090. The number of benzene rings is 2. The summed E-state index contributed by atoms with van der Waals surface area (Å²) in [6, 6.07) is 8.59. The van der Waals surface area contributed by atoms with Gasteiger partial charge in [0.2, 0.25) is 0 Å². The van der Waals surface area contributed by atoms with E-state index in [-0.39, 0.29) is 34.9 Å². The number of alkyl halides is 5. The third-order valence-electron chi connectivity index (χ3n) is 4.26. The first-order chi connectivity index (χ1) is 13.5. The van der Waals surface area contributed by atoms with Crippen molar-refractivity contribution in [3.63, 3.8) is 0 Å². The van der Waals surface area contributed by atoms with Crippen molar-refractivity contribution in [3.05, 3.63) is 53.7 Å². The zero-order valence-corrected chi connectivity index (χ0v) is 16.4. The van der Waals surface area contributed by atoms with Crippen molar-refractivity contribution >= 4 is 29.3 Å². The molecule has 0 aliphatic heterocycles. The molecule has 0 atom stereocenters. The third-order valence-corrected chi connectivity index (χ3v) is 6.35. The lowest BCUT2D eigenvalue weighted by Crippen LogP contribution is -2.20. The maximum Gasteiger partial charge on any atom is 0.416 e. The topological polar surface area (TPSA) is 48.4 Å². The Balaban J connectivity index is 2.37. The van der Waals surface area contributed by atoms with Crippen LogP contribution in [0.4, 0.5) is 22.0 Å². The summed E-state index contributed by atoms with van der Waals surface area (Å²) in [6.45, 7) is 2.14. The van der Waals surface area contributed by atoms with Crippen molar-refractivity contribution < 1.29 is 35.6 Å². The molecule has 29 heavy (non-hydrogen) atoms. The monoisotopic (exact) mass is 433 g/mol. The molecule has 0 radical (unpaired) electrons. The van der Waals surface area contributed by atoms with Gasteiger partial charge in [-0.1, -0.05) is 30.3 Å². The third kappa shape index (κ3) is 3.74. The average molecular weight is 433 g/mol.